The predicted octanol–water partition coefficient (Wildman–Crippen LogP) is 3.34. The van der Waals surface area contributed by atoms with Crippen molar-refractivity contribution < 1.29 is 14.6 Å². The van der Waals surface area contributed by atoms with E-state index in [2.05, 4.69) is 15.3 Å². The Morgan fingerprint density at radius 1 is 1.33 bits per heavy atom. The van der Waals surface area contributed by atoms with Crippen molar-refractivity contribution in [2.75, 3.05) is 12.0 Å². The van der Waals surface area contributed by atoms with Gasteiger partial charge in [0.25, 0.3) is 0 Å². The molecule has 24 heavy (non-hydrogen) atoms. The van der Waals surface area contributed by atoms with Gasteiger partial charge in [-0.3, -0.25) is 0 Å². The zero-order valence-corrected chi connectivity index (χ0v) is 14.4. The fourth-order valence-corrected chi connectivity index (χ4v) is 2.75. The summed E-state index contributed by atoms with van der Waals surface area (Å²) in [7, 11) is 0. The molecule has 0 radical (unpaired) electrons. The molecular weight excluding hydrogens is 328 g/mol. The number of nitrogens with zero attached hydrogens (tertiary/aromatic N) is 3. The van der Waals surface area contributed by atoms with Crippen LogP contribution in [0.15, 0.2) is 29.9 Å². The van der Waals surface area contributed by atoms with Crippen molar-refractivity contribution in [2.24, 2.45) is 0 Å². The molecule has 3 aromatic heterocycles. The highest BCUT2D eigenvalue weighted by Crippen LogP contribution is 2.25. The fraction of sp³-hybridized carbons (Fsp3) is 0.312. The van der Waals surface area contributed by atoms with E-state index in [-0.39, 0.29) is 11.3 Å². The second-order valence-electron chi connectivity index (χ2n) is 6.23. The number of aromatic nitrogens is 3. The molecule has 3 rings (SSSR count). The minimum absolute atomic E-state index is 0.0205. The van der Waals surface area contributed by atoms with E-state index in [0.29, 0.717) is 12.4 Å². The second kappa shape index (κ2) is 6.21. The number of fused-ring (bicyclic) bond motifs is 1. The number of pyridine rings is 1. The Balaban J connectivity index is 1.77. The molecule has 0 aromatic carbocycles. The normalized spacial score (nSPS) is 11.8. The average Bonchev–Trinajstić information content (AvgIpc) is 3.11. The fourth-order valence-electron chi connectivity index (χ4n) is 2.05. The highest BCUT2D eigenvalue weighted by Gasteiger charge is 2.12. The van der Waals surface area contributed by atoms with Gasteiger partial charge in [-0.25, -0.2) is 14.8 Å². The zero-order chi connectivity index (χ0) is 17.3. The highest BCUT2D eigenvalue weighted by molar-refractivity contribution is 7.14. The van der Waals surface area contributed by atoms with Crippen molar-refractivity contribution in [3.63, 3.8) is 0 Å². The van der Waals surface area contributed by atoms with Crippen molar-refractivity contribution in [3.8, 4) is 11.3 Å². The summed E-state index contributed by atoms with van der Waals surface area (Å²) in [4.78, 5) is 19.6. The van der Waals surface area contributed by atoms with Crippen molar-refractivity contribution >= 4 is 28.1 Å². The Morgan fingerprint density at radius 3 is 2.83 bits per heavy atom. The lowest BCUT2D eigenvalue weighted by Gasteiger charge is -2.19. The molecule has 0 fully saturated rings. The number of rotatable bonds is 5. The number of carbonyl (C=O) groups is 1. The van der Waals surface area contributed by atoms with Crippen LogP contribution in [-0.2, 0) is 4.74 Å². The largest absolute Gasteiger partial charge is 0.476 e. The number of imidazole rings is 1. The lowest BCUT2D eigenvalue weighted by Crippen LogP contribution is -2.22. The van der Waals surface area contributed by atoms with Gasteiger partial charge in [-0.1, -0.05) is 0 Å². The highest BCUT2D eigenvalue weighted by atomic mass is 32.1. The van der Waals surface area contributed by atoms with E-state index in [1.165, 1.54) is 17.5 Å². The topological polar surface area (TPSA) is 88.8 Å². The summed E-state index contributed by atoms with van der Waals surface area (Å²) in [5.41, 5.74) is 2.10. The molecule has 3 aromatic rings. The Hall–Kier alpha value is -2.45. The molecule has 0 saturated heterocycles. The predicted molar refractivity (Wildman–Crippen MR) is 92.6 cm³/mol. The quantitative estimate of drug-likeness (QED) is 0.689. The summed E-state index contributed by atoms with van der Waals surface area (Å²) in [6, 6.07) is 3.65. The van der Waals surface area contributed by atoms with Crippen molar-refractivity contribution in [3.05, 3.63) is 35.6 Å². The maximum absolute atomic E-state index is 11.0. The summed E-state index contributed by atoms with van der Waals surface area (Å²) < 4.78 is 7.31. The molecule has 0 amide bonds. The van der Waals surface area contributed by atoms with Gasteiger partial charge in [-0.2, -0.15) is 0 Å². The molecular formula is C16H18N4O3S. The molecule has 0 bridgehead atoms. The molecule has 0 atom stereocenters. The van der Waals surface area contributed by atoms with Gasteiger partial charge in [0.2, 0.25) is 0 Å². The lowest BCUT2D eigenvalue weighted by molar-refractivity contribution is 0.00845. The van der Waals surface area contributed by atoms with E-state index in [1.54, 1.807) is 10.5 Å². The second-order valence-corrected chi connectivity index (χ2v) is 7.09. The van der Waals surface area contributed by atoms with Crippen LogP contribution >= 0.6 is 11.3 Å². The van der Waals surface area contributed by atoms with Crippen LogP contribution in [0, 0.1) is 0 Å². The van der Waals surface area contributed by atoms with Crippen LogP contribution in [0.3, 0.4) is 0 Å². The summed E-state index contributed by atoms with van der Waals surface area (Å²) >= 11 is 1.49. The molecule has 7 nitrogen and oxygen atoms in total. The first kappa shape index (κ1) is 16.4. The van der Waals surface area contributed by atoms with Crippen LogP contribution in [0.4, 0.5) is 5.13 Å². The molecule has 0 spiro atoms. The van der Waals surface area contributed by atoms with Crippen LogP contribution in [0.5, 0.6) is 0 Å². The van der Waals surface area contributed by atoms with E-state index >= 15 is 0 Å². The SMILES string of the molecule is CC(C)(C)OCNc1nc(-c2ccc3nc(C(=O)O)cn3c2)cs1. The molecule has 0 aliphatic carbocycles. The average molecular weight is 346 g/mol. The Morgan fingerprint density at radius 2 is 2.12 bits per heavy atom. The van der Waals surface area contributed by atoms with Gasteiger partial charge < -0.3 is 19.6 Å². The molecule has 8 heteroatoms. The third-order valence-electron chi connectivity index (χ3n) is 3.20. The van der Waals surface area contributed by atoms with Gasteiger partial charge in [0.15, 0.2) is 10.8 Å². The number of ether oxygens (including phenoxy) is 1. The molecule has 0 aliphatic heterocycles. The molecule has 2 N–H and O–H groups in total. The van der Waals surface area contributed by atoms with Gasteiger partial charge >= 0.3 is 5.97 Å². The molecule has 0 aliphatic rings. The first-order valence-electron chi connectivity index (χ1n) is 7.38. The maximum atomic E-state index is 11.0. The van der Waals surface area contributed by atoms with Crippen molar-refractivity contribution in [2.45, 2.75) is 26.4 Å². The van der Waals surface area contributed by atoms with E-state index in [1.807, 2.05) is 38.4 Å². The van der Waals surface area contributed by atoms with Crippen molar-refractivity contribution in [1.29, 1.82) is 0 Å². The summed E-state index contributed by atoms with van der Waals surface area (Å²) in [5, 5.41) is 14.9. The third-order valence-corrected chi connectivity index (χ3v) is 4.00. The van der Waals surface area contributed by atoms with Gasteiger partial charge in [-0.05, 0) is 32.9 Å². The number of aromatic carboxylic acids is 1. The van der Waals surface area contributed by atoms with Gasteiger partial charge in [0.05, 0.1) is 11.3 Å². The molecule has 3 heterocycles. The first-order valence-corrected chi connectivity index (χ1v) is 8.25. The number of anilines is 1. The van der Waals surface area contributed by atoms with Crippen LogP contribution in [-0.4, -0.2) is 37.8 Å². The minimum Gasteiger partial charge on any atom is -0.476 e. The maximum Gasteiger partial charge on any atom is 0.356 e. The van der Waals surface area contributed by atoms with Crippen LogP contribution < -0.4 is 5.32 Å². The number of carboxylic acids is 1. The van der Waals surface area contributed by atoms with Crippen LogP contribution in [0.25, 0.3) is 16.9 Å². The third kappa shape index (κ3) is 3.72. The minimum atomic E-state index is -1.04. The lowest BCUT2D eigenvalue weighted by atomic mass is 10.2. The van der Waals surface area contributed by atoms with E-state index in [4.69, 9.17) is 9.84 Å². The summed E-state index contributed by atoms with van der Waals surface area (Å²) in [5.74, 6) is -1.04. The molecule has 0 unspecified atom stereocenters. The molecule has 126 valence electrons. The first-order chi connectivity index (χ1) is 11.3. The zero-order valence-electron chi connectivity index (χ0n) is 13.6. The summed E-state index contributed by atoms with van der Waals surface area (Å²) in [6.45, 7) is 6.37. The van der Waals surface area contributed by atoms with Crippen molar-refractivity contribution in [1.82, 2.24) is 14.4 Å². The van der Waals surface area contributed by atoms with Crippen LogP contribution in [0.2, 0.25) is 0 Å². The number of hydrogen-bond acceptors (Lipinski definition) is 6. The van der Waals surface area contributed by atoms with Crippen LogP contribution in [0.1, 0.15) is 31.3 Å². The standard InChI is InChI=1S/C16H18N4O3S/c1-16(2,3)23-9-17-15-19-12(8-24-15)10-4-5-13-18-11(14(21)22)7-20(13)6-10/h4-8H,9H2,1-3H3,(H,17,19)(H,21,22). The van der Waals surface area contributed by atoms with Gasteiger partial charge in [-0.15, -0.1) is 11.3 Å². The van der Waals surface area contributed by atoms with Gasteiger partial charge in [0.1, 0.15) is 12.4 Å². The van der Waals surface area contributed by atoms with Gasteiger partial charge in [0, 0.05) is 23.3 Å². The number of thiazole rings is 1. The Kier molecular flexibility index (Phi) is 4.25. The number of nitrogens with one attached hydrogen (secondary N) is 1. The van der Waals surface area contributed by atoms with E-state index in [9.17, 15) is 4.79 Å². The summed E-state index contributed by atoms with van der Waals surface area (Å²) in [6.07, 6.45) is 3.31. The number of hydrogen-bond donors (Lipinski definition) is 2. The van der Waals surface area contributed by atoms with E-state index < -0.39 is 5.97 Å². The number of carboxylic acid groups (broad SMARTS) is 1. The Bertz CT molecular complexity index is 879. The van der Waals surface area contributed by atoms with E-state index in [0.717, 1.165) is 16.4 Å². The molecule has 0 saturated carbocycles. The smallest absolute Gasteiger partial charge is 0.356 e. The Labute approximate surface area is 142 Å². The monoisotopic (exact) mass is 346 g/mol.